The first-order chi connectivity index (χ1) is 14.0. The molecular weight excluding hydrogens is 403 g/mol. The third kappa shape index (κ3) is 6.31. The number of hydrogen-bond donors (Lipinski definition) is 2. The van der Waals surface area contributed by atoms with E-state index >= 15 is 0 Å². The van der Waals surface area contributed by atoms with E-state index in [1.807, 2.05) is 45.0 Å². The molecule has 0 fully saturated rings. The normalized spacial score (nSPS) is 12.5. The van der Waals surface area contributed by atoms with Crippen molar-refractivity contribution >= 4 is 23.1 Å². The predicted octanol–water partition coefficient (Wildman–Crippen LogP) is 4.86. The highest BCUT2D eigenvalue weighted by Gasteiger charge is 2.20. The molecule has 0 heterocycles. The lowest BCUT2D eigenvalue weighted by Crippen LogP contribution is -2.16. The quantitative estimate of drug-likeness (QED) is 0.625. The van der Waals surface area contributed by atoms with Crippen molar-refractivity contribution in [3.05, 3.63) is 64.5 Å². The van der Waals surface area contributed by atoms with Gasteiger partial charge < -0.3 is 10.4 Å². The van der Waals surface area contributed by atoms with Gasteiger partial charge in [0.1, 0.15) is 5.82 Å². The van der Waals surface area contributed by atoms with Crippen molar-refractivity contribution in [3.63, 3.8) is 0 Å². The Kier molecular flexibility index (Phi) is 8.03. The SMILES string of the molecule is CC(C)c1cc(F)cc(C(C)CNc2ccc(C(C)(C)O)cc2)c1CC(=O)N=S=O. The Morgan fingerprint density at radius 3 is 2.30 bits per heavy atom. The molecule has 7 heteroatoms. The smallest absolute Gasteiger partial charge is 0.263 e. The maximum absolute atomic E-state index is 14.3. The van der Waals surface area contributed by atoms with Crippen molar-refractivity contribution in [1.82, 2.24) is 0 Å². The van der Waals surface area contributed by atoms with E-state index in [-0.39, 0.29) is 35.5 Å². The van der Waals surface area contributed by atoms with Gasteiger partial charge in [0.05, 0.1) is 12.0 Å². The Bertz CT molecular complexity index is 946. The summed E-state index contributed by atoms with van der Waals surface area (Å²) in [5.41, 5.74) is 3.01. The van der Waals surface area contributed by atoms with Gasteiger partial charge in [-0.25, -0.2) is 4.39 Å². The number of nitrogens with zero attached hydrogens (tertiary/aromatic N) is 1. The van der Waals surface area contributed by atoms with Crippen molar-refractivity contribution < 1.29 is 18.5 Å². The zero-order valence-electron chi connectivity index (χ0n) is 18.0. The van der Waals surface area contributed by atoms with Crippen LogP contribution in [0.5, 0.6) is 0 Å². The van der Waals surface area contributed by atoms with E-state index in [1.54, 1.807) is 13.8 Å². The Morgan fingerprint density at radius 1 is 1.17 bits per heavy atom. The summed E-state index contributed by atoms with van der Waals surface area (Å²) < 4.78 is 28.3. The number of anilines is 1. The lowest BCUT2D eigenvalue weighted by Gasteiger charge is -2.22. The van der Waals surface area contributed by atoms with Crippen molar-refractivity contribution in [2.24, 2.45) is 4.36 Å². The lowest BCUT2D eigenvalue weighted by molar-refractivity contribution is -0.117. The van der Waals surface area contributed by atoms with Gasteiger partial charge in [0.25, 0.3) is 5.91 Å². The third-order valence-electron chi connectivity index (χ3n) is 5.11. The minimum atomic E-state index is -0.907. The molecule has 162 valence electrons. The molecule has 30 heavy (non-hydrogen) atoms. The van der Waals surface area contributed by atoms with Gasteiger partial charge >= 0.3 is 0 Å². The van der Waals surface area contributed by atoms with Gasteiger partial charge in [-0.3, -0.25) is 4.79 Å². The molecule has 2 aromatic rings. The van der Waals surface area contributed by atoms with E-state index in [9.17, 15) is 18.5 Å². The molecule has 2 rings (SSSR count). The maximum Gasteiger partial charge on any atom is 0.263 e. The van der Waals surface area contributed by atoms with Crippen LogP contribution in [0.15, 0.2) is 40.8 Å². The monoisotopic (exact) mass is 432 g/mol. The van der Waals surface area contributed by atoms with Crippen LogP contribution in [0.1, 0.15) is 68.7 Å². The summed E-state index contributed by atoms with van der Waals surface area (Å²) in [6.45, 7) is 9.84. The molecule has 2 aromatic carbocycles. The number of halogens is 1. The van der Waals surface area contributed by atoms with Gasteiger partial charge in [-0.15, -0.1) is 4.36 Å². The molecule has 1 amide bonds. The number of aliphatic hydroxyl groups is 1. The van der Waals surface area contributed by atoms with Crippen LogP contribution in [-0.2, 0) is 28.3 Å². The summed E-state index contributed by atoms with van der Waals surface area (Å²) in [5.74, 6) is -0.930. The summed E-state index contributed by atoms with van der Waals surface area (Å²) in [5, 5.41) is 13.4. The van der Waals surface area contributed by atoms with Crippen LogP contribution in [0.25, 0.3) is 0 Å². The number of benzene rings is 2. The van der Waals surface area contributed by atoms with E-state index in [2.05, 4.69) is 9.68 Å². The fourth-order valence-corrected chi connectivity index (χ4v) is 3.59. The van der Waals surface area contributed by atoms with E-state index < -0.39 is 11.5 Å². The Balaban J connectivity index is 2.28. The maximum atomic E-state index is 14.3. The zero-order valence-corrected chi connectivity index (χ0v) is 18.8. The number of amides is 1. The molecule has 1 unspecified atom stereocenters. The van der Waals surface area contributed by atoms with Crippen LogP contribution in [0.2, 0.25) is 0 Å². The summed E-state index contributed by atoms with van der Waals surface area (Å²) >= 11 is -0.108. The van der Waals surface area contributed by atoms with E-state index in [4.69, 9.17) is 0 Å². The van der Waals surface area contributed by atoms with Gasteiger partial charge in [-0.2, -0.15) is 4.21 Å². The second-order valence-electron chi connectivity index (χ2n) is 8.37. The predicted molar refractivity (Wildman–Crippen MR) is 118 cm³/mol. The molecule has 2 N–H and O–H groups in total. The van der Waals surface area contributed by atoms with Crippen LogP contribution >= 0.6 is 0 Å². The molecule has 0 aromatic heterocycles. The number of carbonyl (C=O) groups is 1. The van der Waals surface area contributed by atoms with E-state index in [1.165, 1.54) is 12.1 Å². The molecule has 0 saturated heterocycles. The molecular formula is C23H29FN2O3S. The van der Waals surface area contributed by atoms with Crippen LogP contribution < -0.4 is 5.32 Å². The summed E-state index contributed by atoms with van der Waals surface area (Å²) in [7, 11) is 0. The van der Waals surface area contributed by atoms with Crippen molar-refractivity contribution in [2.45, 2.75) is 58.5 Å². The second-order valence-corrected chi connectivity index (χ2v) is 8.70. The highest BCUT2D eigenvalue weighted by molar-refractivity contribution is 7.55. The minimum Gasteiger partial charge on any atom is -0.386 e. The molecule has 1 atom stereocenters. The summed E-state index contributed by atoms with van der Waals surface area (Å²) in [4.78, 5) is 12.0. The van der Waals surface area contributed by atoms with Gasteiger partial charge in [0, 0.05) is 12.2 Å². The lowest BCUT2D eigenvalue weighted by atomic mass is 9.86. The number of hydrogen-bond acceptors (Lipinski definition) is 4. The Labute approximate surface area is 181 Å². The average molecular weight is 433 g/mol. The van der Waals surface area contributed by atoms with Gasteiger partial charge in [0.15, 0.2) is 0 Å². The van der Waals surface area contributed by atoms with Gasteiger partial charge in [0.2, 0.25) is 11.5 Å². The van der Waals surface area contributed by atoms with Crippen molar-refractivity contribution in [3.8, 4) is 0 Å². The minimum absolute atomic E-state index is 0.0247. The highest BCUT2D eigenvalue weighted by Crippen LogP contribution is 2.30. The highest BCUT2D eigenvalue weighted by atomic mass is 32.1. The van der Waals surface area contributed by atoms with Gasteiger partial charge in [-0.05, 0) is 72.2 Å². The largest absolute Gasteiger partial charge is 0.386 e. The fourth-order valence-electron chi connectivity index (χ4n) is 3.44. The van der Waals surface area contributed by atoms with Crippen molar-refractivity contribution in [1.29, 1.82) is 0 Å². The van der Waals surface area contributed by atoms with Crippen molar-refractivity contribution in [2.75, 3.05) is 11.9 Å². The Hall–Kier alpha value is -2.38. The molecule has 0 aliphatic rings. The number of nitrogens with one attached hydrogen (secondary N) is 1. The first kappa shape index (κ1) is 23.9. The molecule has 0 saturated carbocycles. The topological polar surface area (TPSA) is 78.8 Å². The average Bonchev–Trinajstić information content (AvgIpc) is 2.66. The molecule has 0 bridgehead atoms. The summed E-state index contributed by atoms with van der Waals surface area (Å²) in [6, 6.07) is 10.4. The molecule has 0 spiro atoms. The molecule has 5 nitrogen and oxygen atoms in total. The van der Waals surface area contributed by atoms with Crippen LogP contribution in [-0.4, -0.2) is 21.8 Å². The second kappa shape index (κ2) is 10.1. The summed E-state index contributed by atoms with van der Waals surface area (Å²) in [6.07, 6.45) is -0.0248. The Morgan fingerprint density at radius 2 is 1.77 bits per heavy atom. The van der Waals surface area contributed by atoms with Crippen LogP contribution in [0, 0.1) is 5.82 Å². The molecule has 0 radical (unpaired) electrons. The fraction of sp³-hybridized carbons (Fsp3) is 0.435. The van der Waals surface area contributed by atoms with Gasteiger partial charge in [-0.1, -0.05) is 32.9 Å². The van der Waals surface area contributed by atoms with Crippen LogP contribution in [0.3, 0.4) is 0 Å². The number of rotatable bonds is 8. The van der Waals surface area contributed by atoms with Crippen LogP contribution in [0.4, 0.5) is 10.1 Å². The van der Waals surface area contributed by atoms with E-state index in [0.717, 1.165) is 27.9 Å². The first-order valence-corrected chi connectivity index (χ1v) is 10.6. The third-order valence-corrected chi connectivity index (χ3v) is 5.39. The van der Waals surface area contributed by atoms with E-state index in [0.29, 0.717) is 6.54 Å². The number of carbonyl (C=O) groups excluding carboxylic acids is 1. The standard InChI is InChI=1S/C23H29FN2O3S/c1-14(2)19-10-17(24)11-20(21(19)12-22(27)26-30-29)15(3)13-25-18-8-6-16(7-9-18)23(4,5)28/h6-11,14-15,25,28H,12-13H2,1-5H3. The molecule has 0 aliphatic heterocycles. The zero-order chi connectivity index (χ0) is 22.5. The molecule has 0 aliphatic carbocycles. The first-order valence-electron chi connectivity index (χ1n) is 9.94.